The third kappa shape index (κ3) is 2.37. The van der Waals surface area contributed by atoms with E-state index in [0.717, 1.165) is 22.8 Å². The molecule has 0 bridgehead atoms. The van der Waals surface area contributed by atoms with Crippen LogP contribution in [0.2, 0.25) is 0 Å². The maximum Gasteiger partial charge on any atom is 0.264 e. The fourth-order valence-electron chi connectivity index (χ4n) is 2.80. The van der Waals surface area contributed by atoms with Gasteiger partial charge in [0.1, 0.15) is 0 Å². The smallest absolute Gasteiger partial charge is 0.205 e. The van der Waals surface area contributed by atoms with Crippen LogP contribution in [-0.2, 0) is 5.41 Å². The maximum atomic E-state index is 13.2. The summed E-state index contributed by atoms with van der Waals surface area (Å²) in [6.45, 7) is 0. The highest BCUT2D eigenvalue weighted by Crippen LogP contribution is 2.44. The molecule has 18 heavy (non-hydrogen) atoms. The van der Waals surface area contributed by atoms with E-state index in [1.54, 1.807) is 6.07 Å². The van der Waals surface area contributed by atoms with Crippen LogP contribution in [0, 0.1) is 14.9 Å². The standard InChI is InChI=1S/C14H14F2IN/c15-13(16)10-5-4-6-11(17)12(10)14(9-18)7-2-1-3-8-14/h4-6,13H,1-3,7-8H2. The third-order valence-electron chi connectivity index (χ3n) is 3.68. The maximum absolute atomic E-state index is 13.2. The van der Waals surface area contributed by atoms with E-state index in [1.807, 2.05) is 6.07 Å². The zero-order chi connectivity index (χ0) is 13.2. The highest BCUT2D eigenvalue weighted by atomic mass is 127. The van der Waals surface area contributed by atoms with Gasteiger partial charge in [-0.2, -0.15) is 5.26 Å². The van der Waals surface area contributed by atoms with Crippen molar-refractivity contribution in [1.82, 2.24) is 0 Å². The molecule has 1 aliphatic rings. The molecule has 0 aromatic heterocycles. The first-order chi connectivity index (χ1) is 8.60. The van der Waals surface area contributed by atoms with Crippen molar-refractivity contribution in [2.24, 2.45) is 0 Å². The zero-order valence-electron chi connectivity index (χ0n) is 9.93. The molecule has 0 spiro atoms. The minimum atomic E-state index is -2.51. The van der Waals surface area contributed by atoms with Gasteiger partial charge in [-0.3, -0.25) is 0 Å². The normalized spacial score (nSPS) is 18.6. The molecule has 0 heterocycles. The fourth-order valence-corrected chi connectivity index (χ4v) is 3.84. The summed E-state index contributed by atoms with van der Waals surface area (Å²) in [7, 11) is 0. The fraction of sp³-hybridized carbons (Fsp3) is 0.500. The van der Waals surface area contributed by atoms with Crippen LogP contribution in [0.25, 0.3) is 0 Å². The lowest BCUT2D eigenvalue weighted by molar-refractivity contribution is 0.148. The van der Waals surface area contributed by atoms with Crippen molar-refractivity contribution < 1.29 is 8.78 Å². The summed E-state index contributed by atoms with van der Waals surface area (Å²) in [5.41, 5.74) is -0.102. The SMILES string of the molecule is N#CC1(c2c(I)cccc2C(F)F)CCCCC1. The van der Waals surface area contributed by atoms with Crippen molar-refractivity contribution in [3.8, 4) is 6.07 Å². The first kappa shape index (κ1) is 13.7. The number of alkyl halides is 2. The Kier molecular flexibility index (Phi) is 4.21. The molecule has 1 saturated carbocycles. The zero-order valence-corrected chi connectivity index (χ0v) is 12.1. The molecular formula is C14H14F2IN. The van der Waals surface area contributed by atoms with E-state index in [4.69, 9.17) is 0 Å². The Hall–Kier alpha value is -0.700. The predicted molar refractivity (Wildman–Crippen MR) is 74.5 cm³/mol. The number of benzene rings is 1. The number of halogens is 3. The summed E-state index contributed by atoms with van der Waals surface area (Å²) >= 11 is 2.07. The molecule has 1 nitrogen and oxygen atoms in total. The molecule has 0 unspecified atom stereocenters. The van der Waals surface area contributed by atoms with Crippen LogP contribution in [-0.4, -0.2) is 0 Å². The van der Waals surface area contributed by atoms with Gasteiger partial charge in [-0.1, -0.05) is 31.4 Å². The molecule has 2 rings (SSSR count). The Bertz CT molecular complexity index is 473. The lowest BCUT2D eigenvalue weighted by Crippen LogP contribution is -2.29. The molecule has 0 aliphatic heterocycles. The minimum Gasteiger partial charge on any atom is -0.205 e. The van der Waals surface area contributed by atoms with Crippen molar-refractivity contribution >= 4 is 22.6 Å². The second kappa shape index (κ2) is 5.52. The molecule has 1 aliphatic carbocycles. The molecule has 0 atom stereocenters. The van der Waals surface area contributed by atoms with Gasteiger partial charge in [-0.05, 0) is 47.1 Å². The lowest BCUT2D eigenvalue weighted by Gasteiger charge is -2.33. The van der Waals surface area contributed by atoms with Crippen LogP contribution in [0.15, 0.2) is 18.2 Å². The lowest BCUT2D eigenvalue weighted by atomic mass is 9.69. The summed E-state index contributed by atoms with van der Waals surface area (Å²) in [5, 5.41) is 9.53. The van der Waals surface area contributed by atoms with Crippen LogP contribution in [0.3, 0.4) is 0 Å². The number of hydrogen-bond donors (Lipinski definition) is 0. The number of hydrogen-bond acceptors (Lipinski definition) is 1. The second-order valence-corrected chi connectivity index (χ2v) is 5.92. The molecule has 1 aromatic rings. The quantitative estimate of drug-likeness (QED) is 0.684. The van der Waals surface area contributed by atoms with E-state index in [9.17, 15) is 14.0 Å². The van der Waals surface area contributed by atoms with Crippen molar-refractivity contribution in [1.29, 1.82) is 5.26 Å². The van der Waals surface area contributed by atoms with Gasteiger partial charge in [0.05, 0.1) is 11.5 Å². The van der Waals surface area contributed by atoms with Crippen LogP contribution in [0.5, 0.6) is 0 Å². The first-order valence-electron chi connectivity index (χ1n) is 6.09. The molecule has 1 aromatic carbocycles. The largest absolute Gasteiger partial charge is 0.264 e. The molecule has 96 valence electrons. The Morgan fingerprint density at radius 1 is 1.22 bits per heavy atom. The molecule has 4 heteroatoms. The van der Waals surface area contributed by atoms with E-state index in [2.05, 4.69) is 28.7 Å². The monoisotopic (exact) mass is 361 g/mol. The summed E-state index contributed by atoms with van der Waals surface area (Å²) in [6, 6.07) is 7.24. The van der Waals surface area contributed by atoms with Gasteiger partial charge in [0.25, 0.3) is 6.43 Å². The van der Waals surface area contributed by atoms with Crippen molar-refractivity contribution in [2.45, 2.75) is 43.9 Å². The third-order valence-corrected chi connectivity index (χ3v) is 4.58. The summed E-state index contributed by atoms with van der Waals surface area (Å²) in [4.78, 5) is 0. The van der Waals surface area contributed by atoms with Crippen LogP contribution < -0.4 is 0 Å². The highest BCUT2D eigenvalue weighted by molar-refractivity contribution is 14.1. The number of rotatable bonds is 2. The van der Waals surface area contributed by atoms with Crippen LogP contribution in [0.1, 0.15) is 49.7 Å². The second-order valence-electron chi connectivity index (χ2n) is 4.76. The molecule has 0 saturated heterocycles. The summed E-state index contributed by atoms with van der Waals surface area (Å²) in [6.07, 6.45) is 1.87. The number of nitriles is 1. The topological polar surface area (TPSA) is 23.8 Å². The van der Waals surface area contributed by atoms with Crippen molar-refractivity contribution in [3.05, 3.63) is 32.9 Å². The average molecular weight is 361 g/mol. The van der Waals surface area contributed by atoms with Gasteiger partial charge in [-0.15, -0.1) is 0 Å². The Balaban J connectivity index is 2.58. The van der Waals surface area contributed by atoms with Gasteiger partial charge in [-0.25, -0.2) is 8.78 Å². The predicted octanol–water partition coefficient (Wildman–Crippen LogP) is 4.95. The van der Waals surface area contributed by atoms with E-state index < -0.39 is 11.8 Å². The Morgan fingerprint density at radius 2 is 1.89 bits per heavy atom. The first-order valence-corrected chi connectivity index (χ1v) is 7.17. The van der Waals surface area contributed by atoms with E-state index in [1.165, 1.54) is 6.07 Å². The van der Waals surface area contributed by atoms with E-state index in [-0.39, 0.29) is 5.56 Å². The molecule has 1 fully saturated rings. The van der Waals surface area contributed by atoms with Gasteiger partial charge in [0.15, 0.2) is 0 Å². The van der Waals surface area contributed by atoms with Crippen molar-refractivity contribution in [3.63, 3.8) is 0 Å². The summed E-state index contributed by atoms with van der Waals surface area (Å²) in [5.74, 6) is 0. The molecule has 0 amide bonds. The van der Waals surface area contributed by atoms with E-state index in [0.29, 0.717) is 18.4 Å². The van der Waals surface area contributed by atoms with Crippen molar-refractivity contribution in [2.75, 3.05) is 0 Å². The highest BCUT2D eigenvalue weighted by Gasteiger charge is 2.38. The Labute approximate surface area is 119 Å². The average Bonchev–Trinajstić information content (AvgIpc) is 2.39. The van der Waals surface area contributed by atoms with Gasteiger partial charge < -0.3 is 0 Å². The molecule has 0 N–H and O–H groups in total. The molecule has 0 radical (unpaired) electrons. The van der Waals surface area contributed by atoms with Crippen LogP contribution in [0.4, 0.5) is 8.78 Å². The van der Waals surface area contributed by atoms with Gasteiger partial charge >= 0.3 is 0 Å². The Morgan fingerprint density at radius 3 is 2.44 bits per heavy atom. The molecular weight excluding hydrogens is 347 g/mol. The van der Waals surface area contributed by atoms with Crippen LogP contribution >= 0.6 is 22.6 Å². The van der Waals surface area contributed by atoms with E-state index >= 15 is 0 Å². The van der Waals surface area contributed by atoms with Gasteiger partial charge in [0.2, 0.25) is 0 Å². The minimum absolute atomic E-state index is 0.0327. The number of nitrogens with zero attached hydrogens (tertiary/aromatic N) is 1. The summed E-state index contributed by atoms with van der Waals surface area (Å²) < 4.78 is 27.1. The van der Waals surface area contributed by atoms with Gasteiger partial charge in [0, 0.05) is 9.13 Å².